The number of hydrogen-bond donors (Lipinski definition) is 1. The molecule has 0 bridgehead atoms. The molecule has 1 N–H and O–H groups in total. The number of likely N-dealkylation sites (N-methyl/N-ethyl adjacent to an activating group) is 1. The van der Waals surface area contributed by atoms with Gasteiger partial charge in [-0.25, -0.2) is 0 Å². The summed E-state index contributed by atoms with van der Waals surface area (Å²) in [7, 11) is 2.18. The van der Waals surface area contributed by atoms with Crippen molar-refractivity contribution in [1.82, 2.24) is 20.0 Å². The largest absolute Gasteiger partial charge is 0.356 e. The minimum Gasteiger partial charge on any atom is -0.356 e. The number of benzene rings is 2. The average molecular weight is 449 g/mol. The summed E-state index contributed by atoms with van der Waals surface area (Å²) in [5.41, 5.74) is 3.66. The molecule has 2 amide bonds. The van der Waals surface area contributed by atoms with E-state index in [1.165, 1.54) is 11.1 Å². The van der Waals surface area contributed by atoms with E-state index in [1.54, 1.807) is 0 Å². The Kier molecular flexibility index (Phi) is 7.78. The van der Waals surface area contributed by atoms with Gasteiger partial charge in [-0.1, -0.05) is 60.2 Å². The molecule has 2 aliphatic heterocycles. The van der Waals surface area contributed by atoms with Crippen molar-refractivity contribution in [2.24, 2.45) is 5.92 Å². The topological polar surface area (TPSA) is 55.9 Å². The van der Waals surface area contributed by atoms with Crippen molar-refractivity contribution in [3.63, 3.8) is 0 Å². The summed E-state index contributed by atoms with van der Waals surface area (Å²) in [5.74, 6) is -0.171. The van der Waals surface area contributed by atoms with Gasteiger partial charge < -0.3 is 15.1 Å². The van der Waals surface area contributed by atoms with Crippen molar-refractivity contribution in [3.8, 4) is 0 Å². The molecule has 0 aromatic heterocycles. The molecule has 4 rings (SSSR count). The Labute approximate surface area is 197 Å². The molecule has 0 radical (unpaired) electrons. The number of rotatable bonds is 8. The lowest BCUT2D eigenvalue weighted by atomic mass is 10.0. The predicted molar refractivity (Wildman–Crippen MR) is 131 cm³/mol. The number of aryl methyl sites for hydroxylation is 1. The second-order valence-electron chi connectivity index (χ2n) is 9.53. The van der Waals surface area contributed by atoms with Crippen LogP contribution in [0.25, 0.3) is 0 Å². The summed E-state index contributed by atoms with van der Waals surface area (Å²) in [6.45, 7) is 7.87. The molecule has 176 valence electrons. The van der Waals surface area contributed by atoms with Crippen LogP contribution < -0.4 is 5.32 Å². The van der Waals surface area contributed by atoms with Crippen LogP contribution in [0.3, 0.4) is 0 Å². The number of carbonyl (C=O) groups excluding carboxylic acids is 2. The highest BCUT2D eigenvalue weighted by atomic mass is 16.2. The van der Waals surface area contributed by atoms with Crippen molar-refractivity contribution in [2.75, 3.05) is 46.3 Å². The van der Waals surface area contributed by atoms with E-state index in [1.807, 2.05) is 4.90 Å². The van der Waals surface area contributed by atoms with E-state index < -0.39 is 0 Å². The molecular formula is C27H36N4O2. The molecule has 0 spiro atoms. The lowest BCUT2D eigenvalue weighted by molar-refractivity contribution is -0.129. The molecule has 2 saturated heterocycles. The highest BCUT2D eigenvalue weighted by molar-refractivity contribution is 5.89. The second kappa shape index (κ2) is 10.9. The molecule has 2 fully saturated rings. The standard InChI is InChI=1S/C27H36N4O2/c1-21-9-11-22(12-10-21)18-31-19-24(17-26(31)32)27(33)28-13-6-14-30-16-15-29(2)20-25(30)23-7-4-3-5-8-23/h3-5,7-12,24-25H,6,13-20H2,1-2H3,(H,28,33)/t24-,25+/m0/s1. The zero-order valence-electron chi connectivity index (χ0n) is 19.9. The Morgan fingerprint density at radius 1 is 1.03 bits per heavy atom. The molecule has 0 aliphatic carbocycles. The summed E-state index contributed by atoms with van der Waals surface area (Å²) in [5, 5.41) is 3.09. The molecule has 33 heavy (non-hydrogen) atoms. The third-order valence-electron chi connectivity index (χ3n) is 6.88. The van der Waals surface area contributed by atoms with E-state index >= 15 is 0 Å². The maximum atomic E-state index is 12.7. The third-order valence-corrected chi connectivity index (χ3v) is 6.88. The maximum absolute atomic E-state index is 12.7. The summed E-state index contributed by atoms with van der Waals surface area (Å²) < 4.78 is 0. The molecule has 6 nitrogen and oxygen atoms in total. The summed E-state index contributed by atoms with van der Waals surface area (Å²) in [6.07, 6.45) is 1.22. The molecule has 2 aromatic rings. The summed E-state index contributed by atoms with van der Waals surface area (Å²) in [6, 6.07) is 19.3. The van der Waals surface area contributed by atoms with Gasteiger partial charge in [-0.15, -0.1) is 0 Å². The number of amides is 2. The lowest BCUT2D eigenvalue weighted by Crippen LogP contribution is -2.47. The minimum atomic E-state index is -0.247. The molecule has 2 heterocycles. The minimum absolute atomic E-state index is 0.00717. The third kappa shape index (κ3) is 6.21. The molecule has 2 aromatic carbocycles. The fourth-order valence-corrected chi connectivity index (χ4v) is 4.87. The fraction of sp³-hybridized carbons (Fsp3) is 0.481. The van der Waals surface area contributed by atoms with Crippen LogP contribution in [0, 0.1) is 12.8 Å². The molecule has 2 atom stereocenters. The van der Waals surface area contributed by atoms with E-state index in [4.69, 9.17) is 0 Å². The molecule has 0 saturated carbocycles. The average Bonchev–Trinajstić information content (AvgIpc) is 3.19. The van der Waals surface area contributed by atoms with Gasteiger partial charge in [-0.2, -0.15) is 0 Å². The second-order valence-corrected chi connectivity index (χ2v) is 9.53. The smallest absolute Gasteiger partial charge is 0.225 e. The highest BCUT2D eigenvalue weighted by Crippen LogP contribution is 2.25. The van der Waals surface area contributed by atoms with E-state index in [9.17, 15) is 9.59 Å². The van der Waals surface area contributed by atoms with Gasteiger partial charge in [-0.05, 0) is 31.5 Å². The Morgan fingerprint density at radius 2 is 1.79 bits per heavy atom. The van der Waals surface area contributed by atoms with Crippen molar-refractivity contribution in [3.05, 3.63) is 71.3 Å². The summed E-state index contributed by atoms with van der Waals surface area (Å²) >= 11 is 0. The van der Waals surface area contributed by atoms with Gasteiger partial charge in [0, 0.05) is 58.3 Å². The van der Waals surface area contributed by atoms with Gasteiger partial charge >= 0.3 is 0 Å². The first-order chi connectivity index (χ1) is 16.0. The Bertz CT molecular complexity index is 931. The number of likely N-dealkylation sites (tertiary alicyclic amines) is 1. The van der Waals surface area contributed by atoms with Crippen molar-refractivity contribution in [1.29, 1.82) is 0 Å². The van der Waals surface area contributed by atoms with Crippen molar-refractivity contribution >= 4 is 11.8 Å². The van der Waals surface area contributed by atoms with E-state index in [-0.39, 0.29) is 17.7 Å². The molecular weight excluding hydrogens is 412 g/mol. The van der Waals surface area contributed by atoms with Crippen LogP contribution in [0.4, 0.5) is 0 Å². The first-order valence-corrected chi connectivity index (χ1v) is 12.1. The van der Waals surface area contributed by atoms with Crippen molar-refractivity contribution in [2.45, 2.75) is 32.4 Å². The number of piperazine rings is 1. The lowest BCUT2D eigenvalue weighted by Gasteiger charge is -2.40. The van der Waals surface area contributed by atoms with Gasteiger partial charge in [0.05, 0.1) is 5.92 Å². The zero-order chi connectivity index (χ0) is 23.2. The van der Waals surface area contributed by atoms with E-state index in [2.05, 4.69) is 83.7 Å². The van der Waals surface area contributed by atoms with Crippen LogP contribution >= 0.6 is 0 Å². The van der Waals surface area contributed by atoms with Gasteiger partial charge in [0.2, 0.25) is 11.8 Å². The van der Waals surface area contributed by atoms with Gasteiger partial charge in [0.25, 0.3) is 0 Å². The first-order valence-electron chi connectivity index (χ1n) is 12.1. The van der Waals surface area contributed by atoms with E-state index in [0.717, 1.165) is 38.2 Å². The normalized spacial score (nSPS) is 22.0. The monoisotopic (exact) mass is 448 g/mol. The highest BCUT2D eigenvalue weighted by Gasteiger charge is 2.34. The number of nitrogens with zero attached hydrogens (tertiary/aromatic N) is 3. The Morgan fingerprint density at radius 3 is 2.55 bits per heavy atom. The van der Waals surface area contributed by atoms with Crippen molar-refractivity contribution < 1.29 is 9.59 Å². The first kappa shape index (κ1) is 23.5. The van der Waals surface area contributed by atoms with Crippen LogP contribution in [0.1, 0.15) is 35.6 Å². The van der Waals surface area contributed by atoms with Crippen LogP contribution in [0.15, 0.2) is 54.6 Å². The summed E-state index contributed by atoms with van der Waals surface area (Å²) in [4.78, 5) is 31.9. The predicted octanol–water partition coefficient (Wildman–Crippen LogP) is 2.84. The SMILES string of the molecule is Cc1ccc(CN2C[C@@H](C(=O)NCCCN3CCN(C)C[C@@H]3c3ccccc3)CC2=O)cc1. The van der Waals surface area contributed by atoms with Crippen LogP contribution in [0.5, 0.6) is 0 Å². The van der Waals surface area contributed by atoms with Gasteiger partial charge in [-0.3, -0.25) is 14.5 Å². The molecule has 6 heteroatoms. The Balaban J connectivity index is 1.22. The number of hydrogen-bond acceptors (Lipinski definition) is 4. The molecule has 0 unspecified atom stereocenters. The van der Waals surface area contributed by atoms with Crippen LogP contribution in [-0.4, -0.2) is 72.8 Å². The maximum Gasteiger partial charge on any atom is 0.225 e. The quantitative estimate of drug-likeness (QED) is 0.631. The van der Waals surface area contributed by atoms with Crippen LogP contribution in [0.2, 0.25) is 0 Å². The van der Waals surface area contributed by atoms with Gasteiger partial charge in [0.1, 0.15) is 0 Å². The zero-order valence-corrected chi connectivity index (χ0v) is 19.9. The van der Waals surface area contributed by atoms with E-state index in [0.29, 0.717) is 32.1 Å². The fourth-order valence-electron chi connectivity index (χ4n) is 4.87. The van der Waals surface area contributed by atoms with Gasteiger partial charge in [0.15, 0.2) is 0 Å². The number of nitrogens with one attached hydrogen (secondary N) is 1. The number of carbonyl (C=O) groups is 2. The Hall–Kier alpha value is -2.70. The van der Waals surface area contributed by atoms with Crippen LogP contribution in [-0.2, 0) is 16.1 Å². The molecule has 2 aliphatic rings.